The molecule has 0 aromatic carbocycles. The van der Waals surface area contributed by atoms with Gasteiger partial charge >= 0.3 is 0 Å². The molecule has 0 spiro atoms. The van der Waals surface area contributed by atoms with Crippen LogP contribution in [0.15, 0.2) is 0 Å². The van der Waals surface area contributed by atoms with Gasteiger partial charge in [0.25, 0.3) is 0 Å². The fourth-order valence-corrected chi connectivity index (χ4v) is 0.944. The van der Waals surface area contributed by atoms with Crippen LogP contribution in [-0.4, -0.2) is 22.4 Å². The monoisotopic (exact) mass is 132 g/mol. The summed E-state index contributed by atoms with van der Waals surface area (Å²) in [5, 5.41) is 17.8. The van der Waals surface area contributed by atoms with Gasteiger partial charge in [-0.2, -0.15) is 0 Å². The Bertz CT molecular complexity index is 77.0. The molecule has 0 rings (SSSR count). The van der Waals surface area contributed by atoms with Crippen LogP contribution in [-0.2, 0) is 0 Å². The normalized spacial score (nSPS) is 18.0. The van der Waals surface area contributed by atoms with Gasteiger partial charge in [0.1, 0.15) is 0 Å². The Morgan fingerprint density at radius 1 is 1.44 bits per heavy atom. The number of aliphatic hydroxyl groups excluding tert-OH is 1. The van der Waals surface area contributed by atoms with Gasteiger partial charge in [-0.15, -0.1) is 0 Å². The molecule has 0 saturated carbocycles. The molecule has 0 aliphatic carbocycles. The van der Waals surface area contributed by atoms with E-state index in [-0.39, 0.29) is 6.61 Å². The van der Waals surface area contributed by atoms with E-state index >= 15 is 0 Å². The predicted octanol–water partition coefficient (Wildman–Crippen LogP) is 0.776. The van der Waals surface area contributed by atoms with Crippen molar-refractivity contribution < 1.29 is 10.2 Å². The van der Waals surface area contributed by atoms with Crippen molar-refractivity contribution in [1.29, 1.82) is 0 Å². The van der Waals surface area contributed by atoms with Gasteiger partial charge in [-0.3, -0.25) is 0 Å². The van der Waals surface area contributed by atoms with Gasteiger partial charge in [0.15, 0.2) is 0 Å². The molecule has 0 unspecified atom stereocenters. The molecule has 0 aliphatic rings. The SMILES string of the molecule is CC(C)C[C@](C)(O)CO. The first-order valence-electron chi connectivity index (χ1n) is 3.31. The molecule has 0 aromatic rings. The van der Waals surface area contributed by atoms with E-state index in [1.165, 1.54) is 0 Å². The Morgan fingerprint density at radius 3 is 2.00 bits per heavy atom. The van der Waals surface area contributed by atoms with Crippen LogP contribution in [0.1, 0.15) is 27.2 Å². The molecule has 0 aromatic heterocycles. The number of aliphatic hydroxyl groups is 2. The Balaban J connectivity index is 3.58. The van der Waals surface area contributed by atoms with E-state index in [1.807, 2.05) is 13.8 Å². The summed E-state index contributed by atoms with van der Waals surface area (Å²) in [4.78, 5) is 0. The second-order valence-corrected chi connectivity index (χ2v) is 3.25. The molecule has 0 fully saturated rings. The Kier molecular flexibility index (Phi) is 3.15. The molecular weight excluding hydrogens is 116 g/mol. The minimum atomic E-state index is -0.881. The smallest absolute Gasteiger partial charge is 0.0851 e. The van der Waals surface area contributed by atoms with E-state index in [0.717, 1.165) is 0 Å². The highest BCUT2D eigenvalue weighted by Crippen LogP contribution is 2.14. The van der Waals surface area contributed by atoms with Crippen LogP contribution < -0.4 is 0 Å². The molecule has 2 heteroatoms. The van der Waals surface area contributed by atoms with Crippen molar-refractivity contribution >= 4 is 0 Å². The van der Waals surface area contributed by atoms with Crippen LogP contribution in [0.5, 0.6) is 0 Å². The summed E-state index contributed by atoms with van der Waals surface area (Å²) in [7, 11) is 0. The lowest BCUT2D eigenvalue weighted by molar-refractivity contribution is -0.0142. The summed E-state index contributed by atoms with van der Waals surface area (Å²) in [6.07, 6.45) is 0.656. The highest BCUT2D eigenvalue weighted by molar-refractivity contribution is 4.71. The molecule has 56 valence electrons. The largest absolute Gasteiger partial charge is 0.393 e. The second-order valence-electron chi connectivity index (χ2n) is 3.25. The molecule has 2 N–H and O–H groups in total. The average Bonchev–Trinajstić information content (AvgIpc) is 1.63. The van der Waals surface area contributed by atoms with Crippen LogP contribution in [0.25, 0.3) is 0 Å². The average molecular weight is 132 g/mol. The van der Waals surface area contributed by atoms with Crippen molar-refractivity contribution in [3.05, 3.63) is 0 Å². The van der Waals surface area contributed by atoms with Gasteiger partial charge in [0, 0.05) is 0 Å². The molecule has 9 heavy (non-hydrogen) atoms. The Hall–Kier alpha value is -0.0800. The van der Waals surface area contributed by atoms with Crippen LogP contribution >= 0.6 is 0 Å². The van der Waals surface area contributed by atoms with Crippen molar-refractivity contribution in [3.63, 3.8) is 0 Å². The van der Waals surface area contributed by atoms with Crippen LogP contribution in [0.4, 0.5) is 0 Å². The van der Waals surface area contributed by atoms with Gasteiger partial charge in [-0.05, 0) is 19.3 Å². The van der Waals surface area contributed by atoms with Gasteiger partial charge < -0.3 is 10.2 Å². The second kappa shape index (κ2) is 3.18. The van der Waals surface area contributed by atoms with Gasteiger partial charge in [0.05, 0.1) is 12.2 Å². The van der Waals surface area contributed by atoms with Crippen molar-refractivity contribution in [3.8, 4) is 0 Å². The third kappa shape index (κ3) is 4.43. The highest BCUT2D eigenvalue weighted by atomic mass is 16.3. The first-order valence-corrected chi connectivity index (χ1v) is 3.31. The maximum atomic E-state index is 9.24. The summed E-state index contributed by atoms with van der Waals surface area (Å²) in [6, 6.07) is 0. The van der Waals surface area contributed by atoms with E-state index in [2.05, 4.69) is 0 Å². The summed E-state index contributed by atoms with van der Waals surface area (Å²) in [5.74, 6) is 0.437. The quantitative estimate of drug-likeness (QED) is 0.595. The van der Waals surface area contributed by atoms with Gasteiger partial charge in [0.2, 0.25) is 0 Å². The topological polar surface area (TPSA) is 40.5 Å². The highest BCUT2D eigenvalue weighted by Gasteiger charge is 2.19. The zero-order chi connectivity index (χ0) is 7.49. The van der Waals surface area contributed by atoms with E-state index in [1.54, 1.807) is 6.92 Å². The van der Waals surface area contributed by atoms with Crippen molar-refractivity contribution in [2.45, 2.75) is 32.8 Å². The molecular formula is C7H16O2. The molecule has 0 bridgehead atoms. The Labute approximate surface area is 56.5 Å². The summed E-state index contributed by atoms with van der Waals surface area (Å²) in [6.45, 7) is 5.53. The third-order valence-corrected chi connectivity index (χ3v) is 1.19. The zero-order valence-electron chi connectivity index (χ0n) is 6.39. The number of hydrogen-bond acceptors (Lipinski definition) is 2. The molecule has 0 amide bonds. The van der Waals surface area contributed by atoms with Crippen molar-refractivity contribution in [2.75, 3.05) is 6.61 Å². The lowest BCUT2D eigenvalue weighted by Gasteiger charge is -2.21. The minimum Gasteiger partial charge on any atom is -0.393 e. The standard InChI is InChI=1S/C7H16O2/c1-6(2)4-7(3,9)5-8/h6,8-9H,4-5H2,1-3H3/t7-/m0/s1. The van der Waals surface area contributed by atoms with Gasteiger partial charge in [-0.1, -0.05) is 13.8 Å². The van der Waals surface area contributed by atoms with Crippen LogP contribution in [0.3, 0.4) is 0 Å². The molecule has 1 atom stereocenters. The van der Waals surface area contributed by atoms with E-state index in [4.69, 9.17) is 5.11 Å². The summed E-state index contributed by atoms with van der Waals surface area (Å²) >= 11 is 0. The third-order valence-electron chi connectivity index (χ3n) is 1.19. The fourth-order valence-electron chi connectivity index (χ4n) is 0.944. The lowest BCUT2D eigenvalue weighted by atomic mass is 9.95. The fraction of sp³-hybridized carbons (Fsp3) is 1.00. The van der Waals surface area contributed by atoms with E-state index in [9.17, 15) is 5.11 Å². The molecule has 0 saturated heterocycles. The maximum absolute atomic E-state index is 9.24. The van der Waals surface area contributed by atoms with Crippen LogP contribution in [0.2, 0.25) is 0 Å². The first-order chi connectivity index (χ1) is 3.98. The maximum Gasteiger partial charge on any atom is 0.0851 e. The van der Waals surface area contributed by atoms with Crippen molar-refractivity contribution in [2.24, 2.45) is 5.92 Å². The van der Waals surface area contributed by atoms with Crippen LogP contribution in [0, 0.1) is 5.92 Å². The number of hydrogen-bond donors (Lipinski definition) is 2. The van der Waals surface area contributed by atoms with Gasteiger partial charge in [-0.25, -0.2) is 0 Å². The Morgan fingerprint density at radius 2 is 1.89 bits per heavy atom. The molecule has 0 radical (unpaired) electrons. The molecule has 2 nitrogen and oxygen atoms in total. The molecule has 0 aliphatic heterocycles. The summed E-state index contributed by atoms with van der Waals surface area (Å²) in [5.41, 5.74) is -0.881. The lowest BCUT2D eigenvalue weighted by Crippen LogP contribution is -2.30. The minimum absolute atomic E-state index is 0.148. The predicted molar refractivity (Wildman–Crippen MR) is 37.2 cm³/mol. The number of rotatable bonds is 3. The van der Waals surface area contributed by atoms with E-state index in [0.29, 0.717) is 12.3 Å². The first kappa shape index (κ1) is 8.92. The summed E-state index contributed by atoms with van der Waals surface area (Å²) < 4.78 is 0. The molecule has 0 heterocycles. The van der Waals surface area contributed by atoms with Crippen molar-refractivity contribution in [1.82, 2.24) is 0 Å². The van der Waals surface area contributed by atoms with E-state index < -0.39 is 5.60 Å². The zero-order valence-corrected chi connectivity index (χ0v) is 6.39.